The summed E-state index contributed by atoms with van der Waals surface area (Å²) in [7, 11) is 0. The average Bonchev–Trinajstić information content (AvgIpc) is 2.76. The van der Waals surface area contributed by atoms with E-state index < -0.39 is 0 Å². The van der Waals surface area contributed by atoms with Crippen molar-refractivity contribution in [1.82, 2.24) is 15.3 Å². The van der Waals surface area contributed by atoms with Crippen LogP contribution in [0.4, 0.5) is 0 Å². The van der Waals surface area contributed by atoms with Crippen molar-refractivity contribution in [3.05, 3.63) is 52.0 Å². The van der Waals surface area contributed by atoms with E-state index in [-0.39, 0.29) is 6.04 Å². The Kier molecular flexibility index (Phi) is 2.53. The number of imidazole rings is 1. The molecule has 1 atom stereocenters. The molecule has 0 fully saturated rings. The topological polar surface area (TPSA) is 40.7 Å². The molecule has 2 aromatic rings. The van der Waals surface area contributed by atoms with Crippen LogP contribution in [0.3, 0.4) is 0 Å². The van der Waals surface area contributed by atoms with Gasteiger partial charge in [-0.25, -0.2) is 4.98 Å². The molecule has 1 aliphatic heterocycles. The molecule has 2 N–H and O–H groups in total. The number of H-pyrrole nitrogens is 1. The normalized spacial score (nSPS) is 19.4. The van der Waals surface area contributed by atoms with Crippen LogP contribution in [0.15, 0.2) is 35.1 Å². The van der Waals surface area contributed by atoms with Crippen LogP contribution in [0, 0.1) is 0 Å². The number of rotatable bonds is 1. The molecule has 1 aliphatic rings. The largest absolute Gasteiger partial charge is 0.348 e. The molecule has 3 rings (SSSR count). The number of fused-ring (bicyclic) bond motifs is 1. The van der Waals surface area contributed by atoms with Gasteiger partial charge in [0.2, 0.25) is 0 Å². The molecule has 0 aliphatic carbocycles. The van der Waals surface area contributed by atoms with Gasteiger partial charge in [-0.2, -0.15) is 0 Å². The second kappa shape index (κ2) is 4.03. The first-order chi connectivity index (χ1) is 7.84. The molecule has 0 spiro atoms. The summed E-state index contributed by atoms with van der Waals surface area (Å²) >= 11 is 3.50. The average molecular weight is 278 g/mol. The van der Waals surface area contributed by atoms with E-state index >= 15 is 0 Å². The standard InChI is InChI=1S/C12H12BrN3/c13-9-3-1-2-8(6-9)11-12-10(4-5-14-11)15-7-16-12/h1-3,6-7,11,14H,4-5H2,(H,15,16)/t11-/m1/s1. The van der Waals surface area contributed by atoms with Crippen LogP contribution in [0.5, 0.6) is 0 Å². The third-order valence-electron chi connectivity index (χ3n) is 2.93. The molecule has 0 saturated carbocycles. The quantitative estimate of drug-likeness (QED) is 0.841. The van der Waals surface area contributed by atoms with Crippen molar-refractivity contribution in [2.24, 2.45) is 0 Å². The number of nitrogens with zero attached hydrogens (tertiary/aromatic N) is 1. The summed E-state index contributed by atoms with van der Waals surface area (Å²) in [6.07, 6.45) is 2.81. The summed E-state index contributed by atoms with van der Waals surface area (Å²) in [5.74, 6) is 0. The van der Waals surface area contributed by atoms with Gasteiger partial charge in [-0.05, 0) is 17.7 Å². The Bertz CT molecular complexity index is 506. The van der Waals surface area contributed by atoms with Crippen molar-refractivity contribution >= 4 is 15.9 Å². The maximum Gasteiger partial charge on any atom is 0.0926 e. The number of hydrogen-bond acceptors (Lipinski definition) is 2. The highest BCUT2D eigenvalue weighted by molar-refractivity contribution is 9.10. The van der Waals surface area contributed by atoms with Gasteiger partial charge in [-0.3, -0.25) is 0 Å². The minimum Gasteiger partial charge on any atom is -0.348 e. The first-order valence-corrected chi connectivity index (χ1v) is 6.15. The fourth-order valence-corrected chi connectivity index (χ4v) is 2.60. The first-order valence-electron chi connectivity index (χ1n) is 5.35. The maximum atomic E-state index is 4.41. The predicted molar refractivity (Wildman–Crippen MR) is 66.3 cm³/mol. The van der Waals surface area contributed by atoms with E-state index in [0.29, 0.717) is 0 Å². The molecule has 0 amide bonds. The molecule has 16 heavy (non-hydrogen) atoms. The summed E-state index contributed by atoms with van der Waals surface area (Å²) in [5.41, 5.74) is 3.63. The van der Waals surface area contributed by atoms with Crippen LogP contribution in [0.25, 0.3) is 0 Å². The van der Waals surface area contributed by atoms with Gasteiger partial charge in [0, 0.05) is 23.1 Å². The molecule has 4 heteroatoms. The SMILES string of the molecule is Brc1cccc([C@H]2NCCc3[nH]cnc32)c1. The highest BCUT2D eigenvalue weighted by atomic mass is 79.9. The van der Waals surface area contributed by atoms with E-state index in [4.69, 9.17) is 0 Å². The van der Waals surface area contributed by atoms with Crippen molar-refractivity contribution in [2.45, 2.75) is 12.5 Å². The fourth-order valence-electron chi connectivity index (χ4n) is 2.18. The second-order valence-corrected chi connectivity index (χ2v) is 4.87. The number of benzene rings is 1. The summed E-state index contributed by atoms with van der Waals surface area (Å²) < 4.78 is 1.11. The van der Waals surface area contributed by atoms with Gasteiger partial charge >= 0.3 is 0 Å². The van der Waals surface area contributed by atoms with Gasteiger partial charge in [0.05, 0.1) is 18.1 Å². The number of hydrogen-bond donors (Lipinski definition) is 2. The zero-order valence-electron chi connectivity index (χ0n) is 8.70. The fraction of sp³-hybridized carbons (Fsp3) is 0.250. The van der Waals surface area contributed by atoms with Crippen LogP contribution in [-0.4, -0.2) is 16.5 Å². The van der Waals surface area contributed by atoms with Crippen molar-refractivity contribution in [2.75, 3.05) is 6.54 Å². The number of aromatic nitrogens is 2. The lowest BCUT2D eigenvalue weighted by molar-refractivity contribution is 0.553. The van der Waals surface area contributed by atoms with Crippen LogP contribution in [0.1, 0.15) is 23.0 Å². The lowest BCUT2D eigenvalue weighted by Crippen LogP contribution is -2.30. The van der Waals surface area contributed by atoms with Crippen molar-refractivity contribution in [3.63, 3.8) is 0 Å². The van der Waals surface area contributed by atoms with E-state index in [1.54, 1.807) is 6.33 Å². The number of halogens is 1. The molecule has 82 valence electrons. The van der Waals surface area contributed by atoms with E-state index in [9.17, 15) is 0 Å². The molecule has 1 aromatic heterocycles. The second-order valence-electron chi connectivity index (χ2n) is 3.96. The Hall–Kier alpha value is -1.13. The van der Waals surface area contributed by atoms with Crippen LogP contribution < -0.4 is 5.32 Å². The Morgan fingerprint density at radius 3 is 3.19 bits per heavy atom. The summed E-state index contributed by atoms with van der Waals surface area (Å²) in [4.78, 5) is 7.62. The lowest BCUT2D eigenvalue weighted by atomic mass is 9.98. The zero-order chi connectivity index (χ0) is 11.0. The minimum atomic E-state index is 0.215. The molecular weight excluding hydrogens is 266 g/mol. The van der Waals surface area contributed by atoms with Gasteiger partial charge in [-0.1, -0.05) is 28.1 Å². The van der Waals surface area contributed by atoms with Gasteiger partial charge in [0.1, 0.15) is 0 Å². The van der Waals surface area contributed by atoms with Gasteiger partial charge in [0.25, 0.3) is 0 Å². The highest BCUT2D eigenvalue weighted by Gasteiger charge is 2.23. The monoisotopic (exact) mass is 277 g/mol. The van der Waals surface area contributed by atoms with Crippen molar-refractivity contribution < 1.29 is 0 Å². The van der Waals surface area contributed by atoms with E-state index in [2.05, 4.69) is 49.4 Å². The highest BCUT2D eigenvalue weighted by Crippen LogP contribution is 2.27. The third kappa shape index (κ3) is 1.68. The summed E-state index contributed by atoms with van der Waals surface area (Å²) in [5, 5.41) is 3.50. The van der Waals surface area contributed by atoms with Crippen LogP contribution in [-0.2, 0) is 6.42 Å². The van der Waals surface area contributed by atoms with Gasteiger partial charge < -0.3 is 10.3 Å². The van der Waals surface area contributed by atoms with Crippen LogP contribution >= 0.6 is 15.9 Å². The molecule has 0 saturated heterocycles. The summed E-state index contributed by atoms with van der Waals surface area (Å²) in [6, 6.07) is 8.58. The Labute approximate surface area is 102 Å². The first kappa shape index (κ1) is 10.1. The molecule has 0 radical (unpaired) electrons. The number of nitrogens with one attached hydrogen (secondary N) is 2. The van der Waals surface area contributed by atoms with Crippen molar-refractivity contribution in [3.8, 4) is 0 Å². The smallest absolute Gasteiger partial charge is 0.0926 e. The molecule has 2 heterocycles. The minimum absolute atomic E-state index is 0.215. The number of aromatic amines is 1. The molecular formula is C12H12BrN3. The summed E-state index contributed by atoms with van der Waals surface area (Å²) in [6.45, 7) is 0.992. The molecule has 1 aromatic carbocycles. The lowest BCUT2D eigenvalue weighted by Gasteiger charge is -2.23. The zero-order valence-corrected chi connectivity index (χ0v) is 10.3. The Morgan fingerprint density at radius 2 is 2.31 bits per heavy atom. The molecule has 3 nitrogen and oxygen atoms in total. The molecule has 0 bridgehead atoms. The van der Waals surface area contributed by atoms with Gasteiger partial charge in [0.15, 0.2) is 0 Å². The van der Waals surface area contributed by atoms with E-state index in [1.807, 2.05) is 6.07 Å². The Balaban J connectivity index is 2.04. The Morgan fingerprint density at radius 1 is 1.38 bits per heavy atom. The van der Waals surface area contributed by atoms with Crippen LogP contribution in [0.2, 0.25) is 0 Å². The maximum absolute atomic E-state index is 4.41. The molecule has 0 unspecified atom stereocenters. The van der Waals surface area contributed by atoms with E-state index in [1.165, 1.54) is 11.3 Å². The third-order valence-corrected chi connectivity index (χ3v) is 3.42. The van der Waals surface area contributed by atoms with Gasteiger partial charge in [-0.15, -0.1) is 0 Å². The predicted octanol–water partition coefficient (Wildman–Crippen LogP) is 2.41. The van der Waals surface area contributed by atoms with E-state index in [0.717, 1.165) is 23.1 Å². The van der Waals surface area contributed by atoms with Crippen molar-refractivity contribution in [1.29, 1.82) is 0 Å².